The number of aliphatic hydroxyl groups excluding tert-OH is 4. The third-order valence-corrected chi connectivity index (χ3v) is 3.70. The van der Waals surface area contributed by atoms with E-state index in [0.717, 1.165) is 4.57 Å². The van der Waals surface area contributed by atoms with Crippen molar-refractivity contribution in [1.82, 2.24) is 9.55 Å². The molecule has 21 heavy (non-hydrogen) atoms. The van der Waals surface area contributed by atoms with Gasteiger partial charge in [0.05, 0.1) is 6.61 Å². The van der Waals surface area contributed by atoms with Gasteiger partial charge in [-0.2, -0.15) is 0 Å². The van der Waals surface area contributed by atoms with Crippen LogP contribution in [0.3, 0.4) is 0 Å². The van der Waals surface area contributed by atoms with E-state index in [2.05, 4.69) is 4.98 Å². The summed E-state index contributed by atoms with van der Waals surface area (Å²) >= 11 is 0. The number of ether oxygens (including phenoxy) is 1. The molecule has 1 fully saturated rings. The third kappa shape index (κ3) is 2.43. The summed E-state index contributed by atoms with van der Waals surface area (Å²) in [6, 6.07) is 0. The molecule has 1 aliphatic heterocycles. The van der Waals surface area contributed by atoms with Crippen LogP contribution in [0.1, 0.15) is 12.0 Å². The fraction of sp³-hybridized carbons (Fsp3) is 0.667. The summed E-state index contributed by atoms with van der Waals surface area (Å²) in [5.41, 5.74) is -2.98. The van der Waals surface area contributed by atoms with Crippen LogP contribution in [-0.2, 0) is 10.5 Å². The van der Waals surface area contributed by atoms with E-state index in [4.69, 9.17) is 9.84 Å². The zero-order chi connectivity index (χ0) is 15.8. The van der Waals surface area contributed by atoms with Gasteiger partial charge in [-0.15, -0.1) is 0 Å². The number of aliphatic hydroxyl groups is 4. The SMILES string of the molecule is Cc1cn([C@]2(CCO)O[C@H](CO)[C@@H](O)[C@H]2O)c(=O)[nH]c1=O. The molecule has 0 radical (unpaired) electrons. The number of H-pyrrole nitrogens is 1. The lowest BCUT2D eigenvalue weighted by Gasteiger charge is -2.33. The smallest absolute Gasteiger partial charge is 0.330 e. The molecular weight excluding hydrogens is 284 g/mol. The first-order valence-corrected chi connectivity index (χ1v) is 6.46. The predicted molar refractivity (Wildman–Crippen MR) is 69.7 cm³/mol. The summed E-state index contributed by atoms with van der Waals surface area (Å²) in [4.78, 5) is 25.5. The molecule has 4 atom stereocenters. The Morgan fingerprint density at radius 1 is 1.38 bits per heavy atom. The van der Waals surface area contributed by atoms with Crippen molar-refractivity contribution in [2.24, 2.45) is 0 Å². The number of hydrogen-bond acceptors (Lipinski definition) is 7. The molecule has 118 valence electrons. The minimum absolute atomic E-state index is 0.199. The minimum atomic E-state index is -1.76. The molecule has 9 heteroatoms. The Bertz CT molecular complexity index is 625. The molecule has 0 aromatic carbocycles. The van der Waals surface area contributed by atoms with Gasteiger partial charge >= 0.3 is 5.69 Å². The Kier molecular flexibility index (Phi) is 4.30. The molecule has 2 heterocycles. The van der Waals surface area contributed by atoms with E-state index in [-0.39, 0.29) is 12.0 Å². The molecule has 1 aromatic heterocycles. The van der Waals surface area contributed by atoms with E-state index >= 15 is 0 Å². The highest BCUT2D eigenvalue weighted by molar-refractivity contribution is 5.07. The van der Waals surface area contributed by atoms with Crippen molar-refractivity contribution in [3.63, 3.8) is 0 Å². The Balaban J connectivity index is 2.62. The molecule has 1 aromatic rings. The van der Waals surface area contributed by atoms with Gasteiger partial charge in [0.15, 0.2) is 5.72 Å². The van der Waals surface area contributed by atoms with Crippen molar-refractivity contribution in [3.8, 4) is 0 Å². The zero-order valence-electron chi connectivity index (χ0n) is 11.4. The summed E-state index contributed by atoms with van der Waals surface area (Å²) in [5.74, 6) is 0. The summed E-state index contributed by atoms with van der Waals surface area (Å²) in [5, 5.41) is 38.5. The first-order chi connectivity index (χ1) is 9.87. The van der Waals surface area contributed by atoms with Crippen molar-refractivity contribution in [3.05, 3.63) is 32.6 Å². The van der Waals surface area contributed by atoms with Crippen LogP contribution in [0.4, 0.5) is 0 Å². The van der Waals surface area contributed by atoms with Crippen LogP contribution >= 0.6 is 0 Å². The number of aromatic nitrogens is 2. The average molecular weight is 302 g/mol. The molecule has 5 N–H and O–H groups in total. The zero-order valence-corrected chi connectivity index (χ0v) is 11.4. The van der Waals surface area contributed by atoms with Crippen molar-refractivity contribution >= 4 is 0 Å². The standard InChI is InChI=1S/C12H18N2O7/c1-6-4-14(11(20)13-10(6)19)12(2-3-15)9(18)8(17)7(5-16)21-12/h4,7-9,15-18H,2-3,5H2,1H3,(H,13,19,20)/t7-,8-,9-,12-/m1/s1. The maximum Gasteiger partial charge on any atom is 0.330 e. The molecule has 0 aliphatic carbocycles. The van der Waals surface area contributed by atoms with Crippen LogP contribution in [-0.4, -0.2) is 61.5 Å². The van der Waals surface area contributed by atoms with Crippen molar-refractivity contribution in [2.45, 2.75) is 37.4 Å². The maximum absolute atomic E-state index is 12.0. The molecule has 0 unspecified atom stereocenters. The van der Waals surface area contributed by atoms with Gasteiger partial charge in [-0.25, -0.2) is 4.79 Å². The normalized spacial score (nSPS) is 32.5. The predicted octanol–water partition coefficient (Wildman–Crippen LogP) is -3.01. The molecule has 0 spiro atoms. The van der Waals surface area contributed by atoms with Crippen LogP contribution in [0, 0.1) is 6.92 Å². The first-order valence-electron chi connectivity index (χ1n) is 6.46. The van der Waals surface area contributed by atoms with Crippen LogP contribution in [0.15, 0.2) is 15.8 Å². The number of aromatic amines is 1. The van der Waals surface area contributed by atoms with E-state index in [0.29, 0.717) is 0 Å². The molecule has 0 amide bonds. The lowest BCUT2D eigenvalue weighted by molar-refractivity contribution is -0.160. The van der Waals surface area contributed by atoms with Gasteiger partial charge in [0.1, 0.15) is 18.3 Å². The minimum Gasteiger partial charge on any atom is -0.396 e. The van der Waals surface area contributed by atoms with Crippen LogP contribution in [0.2, 0.25) is 0 Å². The van der Waals surface area contributed by atoms with Crippen molar-refractivity contribution in [1.29, 1.82) is 0 Å². The van der Waals surface area contributed by atoms with Gasteiger partial charge in [0.25, 0.3) is 5.56 Å². The van der Waals surface area contributed by atoms with Gasteiger partial charge in [0.2, 0.25) is 0 Å². The van der Waals surface area contributed by atoms with Crippen LogP contribution in [0.25, 0.3) is 0 Å². The summed E-state index contributed by atoms with van der Waals surface area (Å²) in [7, 11) is 0. The van der Waals surface area contributed by atoms with Crippen molar-refractivity contribution < 1.29 is 25.2 Å². The maximum atomic E-state index is 12.0. The highest BCUT2D eigenvalue weighted by atomic mass is 16.6. The van der Waals surface area contributed by atoms with E-state index < -0.39 is 48.5 Å². The molecule has 9 nitrogen and oxygen atoms in total. The van der Waals surface area contributed by atoms with E-state index in [1.54, 1.807) is 0 Å². The Labute approximate surface area is 119 Å². The topological polar surface area (TPSA) is 145 Å². The highest BCUT2D eigenvalue weighted by Gasteiger charge is 2.55. The molecule has 0 saturated carbocycles. The van der Waals surface area contributed by atoms with E-state index in [1.165, 1.54) is 13.1 Å². The van der Waals surface area contributed by atoms with Gasteiger partial charge < -0.3 is 25.2 Å². The number of nitrogens with zero attached hydrogens (tertiary/aromatic N) is 1. The summed E-state index contributed by atoms with van der Waals surface area (Å²) < 4.78 is 6.39. The Morgan fingerprint density at radius 2 is 2.05 bits per heavy atom. The second kappa shape index (κ2) is 5.70. The second-order valence-corrected chi connectivity index (χ2v) is 5.03. The lowest BCUT2D eigenvalue weighted by atomic mass is 9.99. The van der Waals surface area contributed by atoms with E-state index in [1.807, 2.05) is 0 Å². The highest BCUT2D eigenvalue weighted by Crippen LogP contribution is 2.37. The molecule has 2 rings (SSSR count). The van der Waals surface area contributed by atoms with Gasteiger partial charge in [-0.3, -0.25) is 14.3 Å². The fourth-order valence-corrected chi connectivity index (χ4v) is 2.55. The summed E-state index contributed by atoms with van der Waals surface area (Å²) in [6.45, 7) is 0.456. The molecule has 1 saturated heterocycles. The quantitative estimate of drug-likeness (QED) is 0.398. The monoisotopic (exact) mass is 302 g/mol. The Hall–Kier alpha value is -1.52. The molecular formula is C12H18N2O7. The number of aryl methyl sites for hydroxylation is 1. The largest absolute Gasteiger partial charge is 0.396 e. The second-order valence-electron chi connectivity index (χ2n) is 5.03. The van der Waals surface area contributed by atoms with Gasteiger partial charge in [-0.1, -0.05) is 0 Å². The van der Waals surface area contributed by atoms with Crippen molar-refractivity contribution in [2.75, 3.05) is 13.2 Å². The van der Waals surface area contributed by atoms with Crippen LogP contribution in [0.5, 0.6) is 0 Å². The number of hydrogen-bond donors (Lipinski definition) is 5. The summed E-state index contributed by atoms with van der Waals surface area (Å²) in [6.07, 6.45) is -3.10. The lowest BCUT2D eigenvalue weighted by Crippen LogP contribution is -2.52. The Morgan fingerprint density at radius 3 is 2.57 bits per heavy atom. The van der Waals surface area contributed by atoms with Gasteiger partial charge in [-0.05, 0) is 6.92 Å². The number of nitrogens with one attached hydrogen (secondary N) is 1. The van der Waals surface area contributed by atoms with Gasteiger partial charge in [0, 0.05) is 24.8 Å². The number of rotatable bonds is 4. The van der Waals surface area contributed by atoms with Crippen LogP contribution < -0.4 is 11.2 Å². The fourth-order valence-electron chi connectivity index (χ4n) is 2.55. The molecule has 0 bridgehead atoms. The molecule has 1 aliphatic rings. The first kappa shape index (κ1) is 15.9. The average Bonchev–Trinajstić information content (AvgIpc) is 2.69. The van der Waals surface area contributed by atoms with E-state index in [9.17, 15) is 24.9 Å². The third-order valence-electron chi connectivity index (χ3n) is 3.70.